The van der Waals surface area contributed by atoms with Crippen molar-refractivity contribution in [2.75, 3.05) is 28.4 Å². The van der Waals surface area contributed by atoms with Gasteiger partial charge in [0.2, 0.25) is 0 Å². The quantitative estimate of drug-likeness (QED) is 0.0875. The molecule has 2 aromatic carbocycles. The summed E-state index contributed by atoms with van der Waals surface area (Å²) in [5.74, 6) is -1.03. The molecule has 0 aliphatic carbocycles. The number of ether oxygens (including phenoxy) is 1. The molecular formula is C37H36N8O5S2. The number of hydrogen-bond acceptors (Lipinski definition) is 13. The molecule has 4 heterocycles. The van der Waals surface area contributed by atoms with Gasteiger partial charge >= 0.3 is 5.97 Å². The maximum absolute atomic E-state index is 12.7. The van der Waals surface area contributed by atoms with Gasteiger partial charge < -0.3 is 31.1 Å². The summed E-state index contributed by atoms with van der Waals surface area (Å²) >= 11 is 2.77. The van der Waals surface area contributed by atoms with E-state index in [1.807, 2.05) is 52.0 Å². The summed E-state index contributed by atoms with van der Waals surface area (Å²) in [5, 5.41) is 24.1. The predicted molar refractivity (Wildman–Crippen MR) is 204 cm³/mol. The summed E-state index contributed by atoms with van der Waals surface area (Å²) in [4.78, 5) is 53.9. The molecule has 0 radical (unpaired) electrons. The highest BCUT2D eigenvalue weighted by molar-refractivity contribution is 7.16. The van der Waals surface area contributed by atoms with Crippen LogP contribution in [0.15, 0.2) is 85.2 Å². The van der Waals surface area contributed by atoms with Gasteiger partial charge in [-0.1, -0.05) is 18.2 Å². The molecule has 0 atom stereocenters. The molecular weight excluding hydrogens is 701 g/mol. The first-order valence-corrected chi connectivity index (χ1v) is 17.5. The lowest BCUT2D eigenvalue weighted by molar-refractivity contribution is 0.0600. The number of amides is 2. The van der Waals surface area contributed by atoms with Crippen molar-refractivity contribution in [1.82, 2.24) is 19.9 Å². The van der Waals surface area contributed by atoms with E-state index in [0.717, 1.165) is 32.7 Å². The standard InChI is InChI=1S/C19H18N4O3S.C18H18N4O2S/c1-11-9-15(7-8-20-11)22-17(24)16-18(27-12(2)21-16)23-14-6-4-5-13(10-14)19(25)26-3;1-11-8-15(6-7-19-11)21-17(24)16-18(25-12(2)20-16)22-14-5-3-4-13(9-14)10-23/h4-10,23H,1-3H3,(H,20,22,24);3-9,22-23H,10H2,1-2H3,(H,19,21,24). The highest BCUT2D eigenvalue weighted by Gasteiger charge is 2.19. The molecule has 0 bridgehead atoms. The lowest BCUT2D eigenvalue weighted by Gasteiger charge is -2.08. The zero-order valence-electron chi connectivity index (χ0n) is 29.0. The van der Waals surface area contributed by atoms with Crippen molar-refractivity contribution in [1.29, 1.82) is 0 Å². The Bertz CT molecular complexity index is 2220. The Labute approximate surface area is 308 Å². The number of nitrogens with zero attached hydrogens (tertiary/aromatic N) is 4. The Morgan fingerprint density at radius 3 is 1.65 bits per heavy atom. The van der Waals surface area contributed by atoms with Crippen molar-refractivity contribution in [2.24, 2.45) is 0 Å². The second kappa shape index (κ2) is 17.3. The van der Waals surface area contributed by atoms with E-state index in [1.54, 1.807) is 60.9 Å². The van der Waals surface area contributed by atoms with Crippen molar-refractivity contribution in [3.63, 3.8) is 0 Å². The number of aliphatic hydroxyl groups is 1. The number of aliphatic hydroxyl groups excluding tert-OH is 1. The molecule has 0 unspecified atom stereocenters. The number of benzene rings is 2. The van der Waals surface area contributed by atoms with Crippen LogP contribution in [0.2, 0.25) is 0 Å². The lowest BCUT2D eigenvalue weighted by atomic mass is 10.2. The molecule has 0 saturated carbocycles. The van der Waals surface area contributed by atoms with E-state index in [9.17, 15) is 19.5 Å². The summed E-state index contributed by atoms with van der Waals surface area (Å²) in [6.07, 6.45) is 3.28. The number of carbonyl (C=O) groups excluding carboxylic acids is 3. The fourth-order valence-corrected chi connectivity index (χ4v) is 6.48. The van der Waals surface area contributed by atoms with Crippen LogP contribution < -0.4 is 21.3 Å². The normalized spacial score (nSPS) is 10.4. The number of methoxy groups -OCH3 is 1. The number of aryl methyl sites for hydroxylation is 4. The van der Waals surface area contributed by atoms with Crippen LogP contribution in [0.3, 0.4) is 0 Å². The molecule has 0 aliphatic rings. The Hall–Kier alpha value is -6.03. The largest absolute Gasteiger partial charge is 0.465 e. The van der Waals surface area contributed by atoms with Gasteiger partial charge in [0.05, 0.1) is 29.3 Å². The molecule has 6 aromatic rings. The molecule has 2 amide bonds. The average molecular weight is 737 g/mol. The molecule has 266 valence electrons. The molecule has 15 heteroatoms. The van der Waals surface area contributed by atoms with E-state index in [-0.39, 0.29) is 24.1 Å². The van der Waals surface area contributed by atoms with Crippen LogP contribution in [0.25, 0.3) is 0 Å². The first kappa shape index (κ1) is 37.2. The monoisotopic (exact) mass is 736 g/mol. The minimum Gasteiger partial charge on any atom is -0.465 e. The molecule has 6 rings (SSSR count). The van der Waals surface area contributed by atoms with Gasteiger partial charge in [0.15, 0.2) is 11.4 Å². The molecule has 0 aliphatic heterocycles. The highest BCUT2D eigenvalue weighted by Crippen LogP contribution is 2.30. The second-order valence-corrected chi connectivity index (χ2v) is 13.7. The topological polar surface area (TPSA) is 180 Å². The van der Waals surface area contributed by atoms with E-state index >= 15 is 0 Å². The van der Waals surface area contributed by atoms with Crippen LogP contribution in [0.4, 0.5) is 32.8 Å². The number of thiazole rings is 2. The number of nitrogens with one attached hydrogen (secondary N) is 4. The molecule has 4 aromatic heterocycles. The molecule has 52 heavy (non-hydrogen) atoms. The Morgan fingerprint density at radius 1 is 0.673 bits per heavy atom. The number of esters is 1. The third-order valence-corrected chi connectivity index (χ3v) is 8.89. The van der Waals surface area contributed by atoms with E-state index in [0.29, 0.717) is 38.3 Å². The van der Waals surface area contributed by atoms with Crippen molar-refractivity contribution in [3.05, 3.63) is 129 Å². The fourth-order valence-electron chi connectivity index (χ4n) is 4.81. The summed E-state index contributed by atoms with van der Waals surface area (Å²) in [6, 6.07) is 21.3. The third kappa shape index (κ3) is 10.0. The summed E-state index contributed by atoms with van der Waals surface area (Å²) in [6.45, 7) is 7.36. The molecule has 0 fully saturated rings. The van der Waals surface area contributed by atoms with Crippen LogP contribution in [-0.2, 0) is 11.3 Å². The Kier molecular flexibility index (Phi) is 12.4. The molecule has 0 saturated heterocycles. The second-order valence-electron chi connectivity index (χ2n) is 11.3. The smallest absolute Gasteiger partial charge is 0.337 e. The van der Waals surface area contributed by atoms with Gasteiger partial charge in [-0.15, -0.1) is 22.7 Å². The highest BCUT2D eigenvalue weighted by atomic mass is 32.1. The zero-order chi connectivity index (χ0) is 37.2. The van der Waals surface area contributed by atoms with Crippen LogP contribution in [-0.4, -0.2) is 49.9 Å². The van der Waals surface area contributed by atoms with Gasteiger partial charge in [0.25, 0.3) is 11.8 Å². The average Bonchev–Trinajstić information content (AvgIpc) is 3.69. The van der Waals surface area contributed by atoms with Gasteiger partial charge in [-0.05, 0) is 87.9 Å². The number of carbonyl (C=O) groups is 3. The van der Waals surface area contributed by atoms with Crippen LogP contribution in [0.5, 0.6) is 0 Å². The Morgan fingerprint density at radius 2 is 1.17 bits per heavy atom. The SMILES string of the molecule is COC(=O)c1cccc(Nc2sc(C)nc2C(=O)Nc2ccnc(C)c2)c1.Cc1cc(NC(=O)c2nc(C)sc2Nc2cccc(CO)c2)ccn1. The number of pyridine rings is 2. The zero-order valence-corrected chi connectivity index (χ0v) is 30.6. The van der Waals surface area contributed by atoms with E-state index < -0.39 is 5.97 Å². The summed E-state index contributed by atoms with van der Waals surface area (Å²) in [7, 11) is 1.33. The first-order chi connectivity index (χ1) is 25.0. The minimum absolute atomic E-state index is 0.0357. The third-order valence-electron chi connectivity index (χ3n) is 7.12. The number of hydrogen-bond donors (Lipinski definition) is 5. The number of anilines is 6. The summed E-state index contributed by atoms with van der Waals surface area (Å²) < 4.78 is 4.74. The van der Waals surface area contributed by atoms with Gasteiger partial charge in [-0.25, -0.2) is 14.8 Å². The van der Waals surface area contributed by atoms with Crippen molar-refractivity contribution >= 4 is 73.2 Å². The van der Waals surface area contributed by atoms with Crippen LogP contribution in [0.1, 0.15) is 58.3 Å². The van der Waals surface area contributed by atoms with Crippen LogP contribution in [0, 0.1) is 27.7 Å². The maximum atomic E-state index is 12.7. The first-order valence-electron chi connectivity index (χ1n) is 15.9. The van der Waals surface area contributed by atoms with Crippen molar-refractivity contribution < 1.29 is 24.2 Å². The number of rotatable bonds is 10. The van der Waals surface area contributed by atoms with Crippen molar-refractivity contribution in [2.45, 2.75) is 34.3 Å². The Balaban J connectivity index is 0.000000202. The van der Waals surface area contributed by atoms with E-state index in [2.05, 4.69) is 41.2 Å². The predicted octanol–water partition coefficient (Wildman–Crippen LogP) is 7.58. The number of aromatic nitrogens is 4. The fraction of sp³-hybridized carbons (Fsp3) is 0.162. The molecule has 13 nitrogen and oxygen atoms in total. The maximum Gasteiger partial charge on any atom is 0.337 e. The van der Waals surface area contributed by atoms with E-state index in [4.69, 9.17) is 4.74 Å². The molecule has 0 spiro atoms. The summed E-state index contributed by atoms with van der Waals surface area (Å²) in [5.41, 5.74) is 6.26. The molecule has 5 N–H and O–H groups in total. The van der Waals surface area contributed by atoms with Gasteiger partial charge in [0.1, 0.15) is 10.0 Å². The van der Waals surface area contributed by atoms with Gasteiger partial charge in [-0.2, -0.15) is 0 Å². The van der Waals surface area contributed by atoms with Crippen LogP contribution >= 0.6 is 22.7 Å². The lowest BCUT2D eigenvalue weighted by Crippen LogP contribution is -2.14. The van der Waals surface area contributed by atoms with Gasteiger partial charge in [-0.3, -0.25) is 19.6 Å². The van der Waals surface area contributed by atoms with E-state index in [1.165, 1.54) is 29.8 Å². The minimum atomic E-state index is -0.426. The van der Waals surface area contributed by atoms with Crippen molar-refractivity contribution in [3.8, 4) is 0 Å². The van der Waals surface area contributed by atoms with Gasteiger partial charge in [0, 0.05) is 46.5 Å².